The van der Waals surface area contributed by atoms with Gasteiger partial charge in [0.2, 0.25) is 0 Å². The zero-order valence-corrected chi connectivity index (χ0v) is 10.2. The maximum atomic E-state index is 11.2. The molecule has 1 atom stereocenters. The van der Waals surface area contributed by atoms with Gasteiger partial charge in [0.25, 0.3) is 0 Å². The first kappa shape index (κ1) is 13.0. The number of esters is 1. The lowest BCUT2D eigenvalue weighted by Crippen LogP contribution is -2.34. The Labute approximate surface area is 98.5 Å². The van der Waals surface area contributed by atoms with Crippen LogP contribution in [0.2, 0.25) is 0 Å². The van der Waals surface area contributed by atoms with E-state index in [1.54, 1.807) is 23.4 Å². The molecule has 0 aliphatic heterocycles. The lowest BCUT2D eigenvalue weighted by atomic mass is 10.4. The molecule has 0 spiro atoms. The maximum Gasteiger partial charge on any atom is 0.323 e. The molecule has 1 heterocycles. The number of ether oxygens (including phenoxy) is 1. The topological polar surface area (TPSA) is 83.0 Å². The lowest BCUT2D eigenvalue weighted by Gasteiger charge is -2.08. The van der Waals surface area contributed by atoms with E-state index in [1.165, 1.54) is 0 Å². The van der Waals surface area contributed by atoms with E-state index in [1.807, 2.05) is 13.2 Å². The number of thioether (sulfide) groups is 1. The Morgan fingerprint density at radius 3 is 3.06 bits per heavy atom. The Kier molecular flexibility index (Phi) is 5.27. The molecule has 0 fully saturated rings. The highest BCUT2D eigenvalue weighted by Crippen LogP contribution is 2.10. The van der Waals surface area contributed by atoms with Crippen LogP contribution in [0.5, 0.6) is 0 Å². The van der Waals surface area contributed by atoms with Gasteiger partial charge in [-0.3, -0.25) is 9.48 Å². The van der Waals surface area contributed by atoms with Gasteiger partial charge in [-0.05, 0) is 6.92 Å². The number of hydrogen-bond donors (Lipinski definition) is 1. The van der Waals surface area contributed by atoms with E-state index < -0.39 is 6.04 Å². The van der Waals surface area contributed by atoms with E-state index in [0.29, 0.717) is 18.1 Å². The molecule has 1 unspecified atom stereocenters. The van der Waals surface area contributed by atoms with Gasteiger partial charge in [0.1, 0.15) is 6.04 Å². The van der Waals surface area contributed by atoms with Gasteiger partial charge in [0.15, 0.2) is 0 Å². The highest BCUT2D eigenvalue weighted by Gasteiger charge is 2.14. The predicted molar refractivity (Wildman–Crippen MR) is 61.8 cm³/mol. The van der Waals surface area contributed by atoms with Crippen LogP contribution in [0.4, 0.5) is 0 Å². The van der Waals surface area contributed by atoms with Crippen molar-refractivity contribution in [3.63, 3.8) is 0 Å². The van der Waals surface area contributed by atoms with E-state index in [9.17, 15) is 4.79 Å². The van der Waals surface area contributed by atoms with Crippen LogP contribution in [0.1, 0.15) is 12.6 Å². The summed E-state index contributed by atoms with van der Waals surface area (Å²) in [5.41, 5.74) is 6.51. The van der Waals surface area contributed by atoms with Crippen LogP contribution < -0.4 is 5.73 Å². The van der Waals surface area contributed by atoms with Crippen LogP contribution in [0, 0.1) is 0 Å². The average Bonchev–Trinajstić information content (AvgIpc) is 2.64. The van der Waals surface area contributed by atoms with Crippen molar-refractivity contribution in [1.82, 2.24) is 15.0 Å². The van der Waals surface area contributed by atoms with Gasteiger partial charge in [-0.15, -0.1) is 5.10 Å². The van der Waals surface area contributed by atoms with E-state index in [0.717, 1.165) is 5.69 Å². The molecule has 0 bridgehead atoms. The predicted octanol–water partition coefficient (Wildman–Crippen LogP) is -0.0613. The monoisotopic (exact) mass is 244 g/mol. The zero-order chi connectivity index (χ0) is 12.0. The van der Waals surface area contributed by atoms with E-state index in [4.69, 9.17) is 10.5 Å². The summed E-state index contributed by atoms with van der Waals surface area (Å²) in [6, 6.07) is -0.568. The second kappa shape index (κ2) is 6.49. The highest BCUT2D eigenvalue weighted by atomic mass is 32.2. The summed E-state index contributed by atoms with van der Waals surface area (Å²) in [6.07, 6.45) is 1.84. The summed E-state index contributed by atoms with van der Waals surface area (Å²) in [4.78, 5) is 11.2. The minimum Gasteiger partial charge on any atom is -0.465 e. The summed E-state index contributed by atoms with van der Waals surface area (Å²) in [5, 5.41) is 7.74. The van der Waals surface area contributed by atoms with Crippen LogP contribution in [-0.2, 0) is 22.3 Å². The first-order valence-corrected chi connectivity index (χ1v) is 6.14. The van der Waals surface area contributed by atoms with Crippen molar-refractivity contribution in [2.75, 3.05) is 12.4 Å². The molecule has 2 N–H and O–H groups in total. The number of carbonyl (C=O) groups is 1. The molecule has 0 aliphatic carbocycles. The maximum absolute atomic E-state index is 11.2. The van der Waals surface area contributed by atoms with Crippen LogP contribution in [-0.4, -0.2) is 39.4 Å². The van der Waals surface area contributed by atoms with E-state index in [-0.39, 0.29) is 5.97 Å². The van der Waals surface area contributed by atoms with Gasteiger partial charge < -0.3 is 10.5 Å². The Morgan fingerprint density at radius 2 is 2.50 bits per heavy atom. The third-order valence-corrected chi connectivity index (χ3v) is 2.88. The second-order valence-corrected chi connectivity index (χ2v) is 4.29. The molecule has 0 saturated carbocycles. The smallest absolute Gasteiger partial charge is 0.323 e. The van der Waals surface area contributed by atoms with Crippen LogP contribution in [0.25, 0.3) is 0 Å². The van der Waals surface area contributed by atoms with Gasteiger partial charge >= 0.3 is 5.97 Å². The fourth-order valence-corrected chi connectivity index (χ4v) is 1.92. The van der Waals surface area contributed by atoms with Crippen molar-refractivity contribution >= 4 is 17.7 Å². The number of hydrogen-bond acceptors (Lipinski definition) is 6. The Bertz CT molecular complexity index is 342. The lowest BCUT2D eigenvalue weighted by molar-refractivity contribution is -0.144. The summed E-state index contributed by atoms with van der Waals surface area (Å²) in [7, 11) is 1.81. The molecule has 1 rings (SSSR count). The second-order valence-electron chi connectivity index (χ2n) is 3.26. The molecule has 1 aromatic heterocycles. The van der Waals surface area contributed by atoms with Crippen molar-refractivity contribution in [2.45, 2.75) is 18.7 Å². The molecule has 16 heavy (non-hydrogen) atoms. The van der Waals surface area contributed by atoms with E-state index >= 15 is 0 Å². The number of nitrogens with two attached hydrogens (primary N) is 1. The van der Waals surface area contributed by atoms with Gasteiger partial charge in [0, 0.05) is 24.8 Å². The van der Waals surface area contributed by atoms with Crippen molar-refractivity contribution in [3.8, 4) is 0 Å². The minimum atomic E-state index is -0.568. The molecular weight excluding hydrogens is 228 g/mol. The molecule has 0 radical (unpaired) electrons. The Balaban J connectivity index is 2.22. The van der Waals surface area contributed by atoms with Crippen LogP contribution in [0.3, 0.4) is 0 Å². The first-order chi connectivity index (χ1) is 7.63. The summed E-state index contributed by atoms with van der Waals surface area (Å²) < 4.78 is 6.44. The third kappa shape index (κ3) is 4.19. The number of aromatic nitrogens is 3. The molecule has 0 amide bonds. The Morgan fingerprint density at radius 1 is 1.75 bits per heavy atom. The van der Waals surface area contributed by atoms with Crippen molar-refractivity contribution < 1.29 is 9.53 Å². The molecule has 1 aromatic rings. The van der Waals surface area contributed by atoms with Crippen molar-refractivity contribution in [1.29, 1.82) is 0 Å². The number of carbonyl (C=O) groups excluding carboxylic acids is 1. The Hall–Kier alpha value is -1.08. The molecule has 0 aliphatic rings. The van der Waals surface area contributed by atoms with Gasteiger partial charge in [-0.25, -0.2) is 0 Å². The van der Waals surface area contributed by atoms with Crippen LogP contribution in [0.15, 0.2) is 6.20 Å². The summed E-state index contributed by atoms with van der Waals surface area (Å²) in [5.74, 6) is 0.866. The quantitative estimate of drug-likeness (QED) is 0.706. The van der Waals surface area contributed by atoms with Crippen LogP contribution >= 0.6 is 11.8 Å². The average molecular weight is 244 g/mol. The zero-order valence-electron chi connectivity index (χ0n) is 9.42. The number of rotatable bonds is 6. The summed E-state index contributed by atoms with van der Waals surface area (Å²) in [6.45, 7) is 2.12. The van der Waals surface area contributed by atoms with Gasteiger partial charge in [-0.2, -0.15) is 11.8 Å². The van der Waals surface area contributed by atoms with Gasteiger partial charge in [0.05, 0.1) is 12.3 Å². The standard InChI is InChI=1S/C9H16N4O2S/c1-3-15-9(14)8(10)6-16-5-7-4-13(2)12-11-7/h4,8H,3,5-6,10H2,1-2H3. The van der Waals surface area contributed by atoms with Crippen molar-refractivity contribution in [2.24, 2.45) is 12.8 Å². The molecule has 7 heteroatoms. The molecule has 0 aromatic carbocycles. The fourth-order valence-electron chi connectivity index (χ4n) is 1.07. The SMILES string of the molecule is CCOC(=O)C(N)CSCc1cn(C)nn1. The fraction of sp³-hybridized carbons (Fsp3) is 0.667. The largest absolute Gasteiger partial charge is 0.465 e. The number of nitrogens with zero attached hydrogens (tertiary/aromatic N) is 3. The third-order valence-electron chi connectivity index (χ3n) is 1.79. The molecule has 6 nitrogen and oxygen atoms in total. The molecule has 90 valence electrons. The van der Waals surface area contributed by atoms with E-state index in [2.05, 4.69) is 10.3 Å². The number of aryl methyl sites for hydroxylation is 1. The van der Waals surface area contributed by atoms with Crippen molar-refractivity contribution in [3.05, 3.63) is 11.9 Å². The molecule has 0 saturated heterocycles. The highest BCUT2D eigenvalue weighted by molar-refractivity contribution is 7.98. The summed E-state index contributed by atoms with van der Waals surface area (Å²) >= 11 is 1.54. The molecular formula is C9H16N4O2S. The normalized spacial score (nSPS) is 12.4. The first-order valence-electron chi connectivity index (χ1n) is 4.98. The minimum absolute atomic E-state index is 0.353. The van der Waals surface area contributed by atoms with Gasteiger partial charge in [-0.1, -0.05) is 5.21 Å².